The minimum atomic E-state index is 0.438. The van der Waals surface area contributed by atoms with E-state index in [0.29, 0.717) is 6.17 Å². The Balaban J connectivity index is 1.60. The van der Waals surface area contributed by atoms with Crippen LogP contribution in [0.3, 0.4) is 0 Å². The molecule has 2 unspecified atom stereocenters. The van der Waals surface area contributed by atoms with Crippen LogP contribution in [0.4, 0.5) is 0 Å². The van der Waals surface area contributed by atoms with Gasteiger partial charge in [-0.1, -0.05) is 72.3 Å². The van der Waals surface area contributed by atoms with Gasteiger partial charge in [-0.15, -0.1) is 0 Å². The average Bonchev–Trinajstić information content (AvgIpc) is 3.06. The van der Waals surface area contributed by atoms with E-state index in [1.54, 1.807) is 9.80 Å². The Morgan fingerprint density at radius 2 is 1.12 bits per heavy atom. The van der Waals surface area contributed by atoms with E-state index in [9.17, 15) is 0 Å². The Hall–Kier alpha value is -2.13. The van der Waals surface area contributed by atoms with Gasteiger partial charge in [-0.05, 0) is 24.3 Å². The molecule has 3 aromatic rings. The van der Waals surface area contributed by atoms with Crippen molar-refractivity contribution in [1.82, 2.24) is 0 Å². The first-order valence-electron chi connectivity index (χ1n) is 9.32. The van der Waals surface area contributed by atoms with Gasteiger partial charge in [0.2, 0.25) is 6.17 Å². The molecule has 1 fully saturated rings. The van der Waals surface area contributed by atoms with Gasteiger partial charge in [-0.2, -0.15) is 0 Å². The summed E-state index contributed by atoms with van der Waals surface area (Å²) in [5, 5.41) is 0.806. The summed E-state index contributed by atoms with van der Waals surface area (Å²) >= 11 is 6.14. The maximum absolute atomic E-state index is 6.14. The van der Waals surface area contributed by atoms with E-state index in [4.69, 9.17) is 11.6 Å². The minimum Gasteiger partial charge on any atom is -0.274 e. The molecule has 2 nitrogen and oxygen atoms in total. The summed E-state index contributed by atoms with van der Waals surface area (Å²) in [6, 6.07) is 30.1. The second-order valence-corrected chi connectivity index (χ2v) is 7.56. The summed E-state index contributed by atoms with van der Waals surface area (Å²) in [6.07, 6.45) is 0.438. The average molecular weight is 365 g/mol. The van der Waals surface area contributed by atoms with Crippen molar-refractivity contribution >= 4 is 11.6 Å². The molecule has 0 bridgehead atoms. The molecule has 0 spiro atoms. The molecule has 1 heterocycles. The first-order valence-corrected chi connectivity index (χ1v) is 9.70. The predicted molar refractivity (Wildman–Crippen MR) is 106 cm³/mol. The van der Waals surface area contributed by atoms with Gasteiger partial charge >= 0.3 is 0 Å². The summed E-state index contributed by atoms with van der Waals surface area (Å²) in [6.45, 7) is 4.49. The summed E-state index contributed by atoms with van der Waals surface area (Å²) in [7, 11) is 0. The summed E-state index contributed by atoms with van der Waals surface area (Å²) in [4.78, 5) is 3.26. The maximum atomic E-state index is 6.14. The zero-order chi connectivity index (χ0) is 17.8. The molecule has 0 aromatic heterocycles. The van der Waals surface area contributed by atoms with Crippen molar-refractivity contribution in [3.63, 3.8) is 0 Å². The molecular formula is C23H25ClN2+2. The third-order valence-electron chi connectivity index (χ3n) is 5.34. The monoisotopic (exact) mass is 364 g/mol. The predicted octanol–water partition coefficient (Wildman–Crippen LogP) is 2.52. The molecule has 4 rings (SSSR count). The van der Waals surface area contributed by atoms with Crippen LogP contribution < -0.4 is 9.80 Å². The smallest absolute Gasteiger partial charge is 0.241 e. The van der Waals surface area contributed by atoms with Crippen molar-refractivity contribution in [1.29, 1.82) is 0 Å². The van der Waals surface area contributed by atoms with E-state index in [2.05, 4.69) is 72.8 Å². The highest BCUT2D eigenvalue weighted by Crippen LogP contribution is 2.13. The molecule has 1 aliphatic rings. The zero-order valence-electron chi connectivity index (χ0n) is 14.9. The van der Waals surface area contributed by atoms with Crippen LogP contribution in [0.25, 0.3) is 0 Å². The van der Waals surface area contributed by atoms with E-state index < -0.39 is 0 Å². The van der Waals surface area contributed by atoms with Crippen LogP contribution in [-0.4, -0.2) is 13.1 Å². The summed E-state index contributed by atoms with van der Waals surface area (Å²) in [5.74, 6) is 0. The fraction of sp³-hybridized carbons (Fsp3) is 0.217. The Morgan fingerprint density at radius 3 is 1.58 bits per heavy atom. The molecule has 0 amide bonds. The Labute approximate surface area is 160 Å². The van der Waals surface area contributed by atoms with E-state index in [0.717, 1.165) is 18.1 Å². The van der Waals surface area contributed by atoms with Gasteiger partial charge in [-0.25, -0.2) is 0 Å². The van der Waals surface area contributed by atoms with E-state index >= 15 is 0 Å². The van der Waals surface area contributed by atoms with Gasteiger partial charge in [0, 0.05) is 16.1 Å². The van der Waals surface area contributed by atoms with Crippen LogP contribution in [0.5, 0.6) is 0 Å². The van der Waals surface area contributed by atoms with Crippen molar-refractivity contribution in [2.75, 3.05) is 13.1 Å². The molecule has 132 valence electrons. The first kappa shape index (κ1) is 17.3. The Morgan fingerprint density at radius 1 is 0.654 bits per heavy atom. The minimum absolute atomic E-state index is 0.438. The quantitative estimate of drug-likeness (QED) is 0.688. The highest BCUT2D eigenvalue weighted by atomic mass is 35.5. The lowest BCUT2D eigenvalue weighted by molar-refractivity contribution is -1.09. The maximum Gasteiger partial charge on any atom is 0.241 e. The van der Waals surface area contributed by atoms with Crippen LogP contribution in [0.2, 0.25) is 5.02 Å². The van der Waals surface area contributed by atoms with Crippen LogP contribution in [0.15, 0.2) is 84.9 Å². The number of quaternary nitrogens is 2. The van der Waals surface area contributed by atoms with Gasteiger partial charge in [0.1, 0.15) is 26.2 Å². The molecule has 2 atom stereocenters. The largest absolute Gasteiger partial charge is 0.274 e. The highest BCUT2D eigenvalue weighted by molar-refractivity contribution is 6.30. The van der Waals surface area contributed by atoms with E-state index in [1.165, 1.54) is 29.8 Å². The molecule has 1 saturated heterocycles. The third-order valence-corrected chi connectivity index (χ3v) is 5.59. The normalized spacial score (nSPS) is 22.4. The fourth-order valence-corrected chi connectivity index (χ4v) is 4.25. The van der Waals surface area contributed by atoms with Crippen LogP contribution in [0.1, 0.15) is 22.9 Å². The highest BCUT2D eigenvalue weighted by Gasteiger charge is 2.40. The SMILES string of the molecule is Clc1ccc(C2[NH+](Cc3ccccc3)CC[NH+]2Cc2ccccc2)cc1. The molecule has 2 N–H and O–H groups in total. The van der Waals surface area contributed by atoms with Crippen molar-refractivity contribution in [3.05, 3.63) is 107 Å². The van der Waals surface area contributed by atoms with Crippen molar-refractivity contribution in [3.8, 4) is 0 Å². The number of benzene rings is 3. The molecule has 3 aromatic carbocycles. The fourth-order valence-electron chi connectivity index (χ4n) is 4.12. The van der Waals surface area contributed by atoms with Gasteiger partial charge in [0.15, 0.2) is 0 Å². The standard InChI is InChI=1S/C23H23ClN2/c24-22-13-11-21(12-14-22)23-25(17-19-7-3-1-4-8-19)15-16-26(23)18-20-9-5-2-6-10-20/h1-14,23H,15-18H2/p+2. The van der Waals surface area contributed by atoms with Crippen LogP contribution in [-0.2, 0) is 13.1 Å². The molecule has 0 radical (unpaired) electrons. The van der Waals surface area contributed by atoms with Crippen LogP contribution >= 0.6 is 11.6 Å². The number of rotatable bonds is 5. The van der Waals surface area contributed by atoms with Gasteiger partial charge in [0.05, 0.1) is 5.56 Å². The first-order chi connectivity index (χ1) is 12.8. The molecule has 26 heavy (non-hydrogen) atoms. The van der Waals surface area contributed by atoms with Crippen molar-refractivity contribution < 1.29 is 9.80 Å². The summed E-state index contributed by atoms with van der Waals surface area (Å²) in [5.41, 5.74) is 4.19. The molecule has 1 aliphatic heterocycles. The van der Waals surface area contributed by atoms with Gasteiger partial charge < -0.3 is 0 Å². The number of nitrogens with one attached hydrogen (secondary N) is 2. The van der Waals surface area contributed by atoms with Gasteiger partial charge in [0.25, 0.3) is 0 Å². The third kappa shape index (κ3) is 3.99. The second-order valence-electron chi connectivity index (χ2n) is 7.13. The van der Waals surface area contributed by atoms with Crippen LogP contribution in [0, 0.1) is 0 Å². The summed E-state index contributed by atoms with van der Waals surface area (Å²) < 4.78 is 0. The zero-order valence-corrected chi connectivity index (χ0v) is 15.6. The lowest BCUT2D eigenvalue weighted by atomic mass is 10.1. The Kier molecular flexibility index (Phi) is 5.35. The van der Waals surface area contributed by atoms with E-state index in [-0.39, 0.29) is 0 Å². The molecular weight excluding hydrogens is 340 g/mol. The molecule has 0 saturated carbocycles. The topological polar surface area (TPSA) is 8.88 Å². The number of hydrogen-bond acceptors (Lipinski definition) is 0. The second kappa shape index (κ2) is 8.05. The van der Waals surface area contributed by atoms with E-state index in [1.807, 2.05) is 12.1 Å². The molecule has 0 aliphatic carbocycles. The Bertz CT molecular complexity index is 768. The van der Waals surface area contributed by atoms with Crippen molar-refractivity contribution in [2.24, 2.45) is 0 Å². The lowest BCUT2D eigenvalue weighted by Gasteiger charge is -2.25. The van der Waals surface area contributed by atoms with Gasteiger partial charge in [-0.3, -0.25) is 9.80 Å². The molecule has 3 heteroatoms. The number of halogens is 1. The van der Waals surface area contributed by atoms with Crippen molar-refractivity contribution in [2.45, 2.75) is 19.3 Å². The number of hydrogen-bond donors (Lipinski definition) is 2. The lowest BCUT2D eigenvalue weighted by Crippen LogP contribution is -3.22.